The molecule has 0 aromatic carbocycles. The van der Waals surface area contributed by atoms with Crippen molar-refractivity contribution in [3.05, 3.63) is 16.6 Å². The Kier molecular flexibility index (Phi) is 3.38. The number of thiazole rings is 1. The van der Waals surface area contributed by atoms with Crippen LogP contribution in [0.3, 0.4) is 0 Å². The van der Waals surface area contributed by atoms with Crippen molar-refractivity contribution >= 4 is 11.3 Å². The summed E-state index contributed by atoms with van der Waals surface area (Å²) in [5.41, 5.74) is 2.59. The summed E-state index contributed by atoms with van der Waals surface area (Å²) in [5.74, 6) is 3.14. The van der Waals surface area contributed by atoms with Crippen LogP contribution >= 0.6 is 11.3 Å². The maximum absolute atomic E-state index is 4.27. The first-order valence-electron chi connectivity index (χ1n) is 8.38. The van der Waals surface area contributed by atoms with E-state index in [9.17, 15) is 0 Å². The molecule has 1 aromatic rings. The maximum atomic E-state index is 4.27. The van der Waals surface area contributed by atoms with Crippen molar-refractivity contribution in [2.24, 2.45) is 23.2 Å². The molecule has 0 aliphatic heterocycles. The van der Waals surface area contributed by atoms with Crippen LogP contribution in [-0.2, 0) is 6.42 Å². The Bertz CT molecular complexity index is 418. The summed E-state index contributed by atoms with van der Waals surface area (Å²) < 4.78 is 0. The summed E-state index contributed by atoms with van der Waals surface area (Å²) >= 11 is 1.83. The zero-order chi connectivity index (χ0) is 13.6. The third-order valence-corrected chi connectivity index (χ3v) is 6.97. The Balaban J connectivity index is 1.58. The molecular weight excluding hydrogens is 264 g/mol. The highest BCUT2D eigenvalue weighted by atomic mass is 32.1. The van der Waals surface area contributed by atoms with Crippen molar-refractivity contribution in [2.75, 3.05) is 6.54 Å². The molecule has 4 bridgehead atoms. The number of likely N-dealkylation sites (N-methyl/N-ethyl adjacent to an activating group) is 1. The average Bonchev–Trinajstić information content (AvgIpc) is 2.89. The SMILES string of the molecule is CCNC(Cc1cncs1)C12CC3CC(CC(C3)C1)C2. The Morgan fingerprint density at radius 3 is 2.40 bits per heavy atom. The van der Waals surface area contributed by atoms with Crippen molar-refractivity contribution in [2.45, 2.75) is 57.9 Å². The first kappa shape index (κ1) is 13.3. The average molecular weight is 290 g/mol. The summed E-state index contributed by atoms with van der Waals surface area (Å²) in [6.07, 6.45) is 12.4. The lowest BCUT2D eigenvalue weighted by atomic mass is 9.47. The third-order valence-electron chi connectivity index (χ3n) is 6.16. The van der Waals surface area contributed by atoms with Gasteiger partial charge < -0.3 is 5.32 Å². The third kappa shape index (κ3) is 2.23. The van der Waals surface area contributed by atoms with Crippen molar-refractivity contribution in [3.63, 3.8) is 0 Å². The Morgan fingerprint density at radius 1 is 1.25 bits per heavy atom. The van der Waals surface area contributed by atoms with Crippen LogP contribution in [0.15, 0.2) is 11.7 Å². The first-order valence-corrected chi connectivity index (χ1v) is 9.26. The van der Waals surface area contributed by atoms with Gasteiger partial charge in [0.2, 0.25) is 0 Å². The normalized spacial score (nSPS) is 40.1. The van der Waals surface area contributed by atoms with Crippen LogP contribution in [0.25, 0.3) is 0 Å². The molecule has 1 aromatic heterocycles. The highest BCUT2D eigenvalue weighted by Gasteiger charge is 2.53. The minimum Gasteiger partial charge on any atom is -0.313 e. The molecule has 4 saturated carbocycles. The van der Waals surface area contributed by atoms with Gasteiger partial charge in [-0.1, -0.05) is 6.92 Å². The van der Waals surface area contributed by atoms with E-state index in [1.165, 1.54) is 49.8 Å². The van der Waals surface area contributed by atoms with Gasteiger partial charge in [-0.25, -0.2) is 0 Å². The molecule has 4 aliphatic carbocycles. The van der Waals surface area contributed by atoms with Crippen LogP contribution in [-0.4, -0.2) is 17.6 Å². The van der Waals surface area contributed by atoms with Crippen LogP contribution < -0.4 is 5.32 Å². The lowest BCUT2D eigenvalue weighted by molar-refractivity contribution is -0.0733. The van der Waals surface area contributed by atoms with Gasteiger partial charge in [-0.2, -0.15) is 0 Å². The van der Waals surface area contributed by atoms with Crippen LogP contribution in [0, 0.1) is 23.2 Å². The van der Waals surface area contributed by atoms with E-state index in [4.69, 9.17) is 0 Å². The number of nitrogens with one attached hydrogen (secondary N) is 1. The van der Waals surface area contributed by atoms with Gasteiger partial charge in [0.15, 0.2) is 0 Å². The molecule has 0 amide bonds. The largest absolute Gasteiger partial charge is 0.313 e. The molecule has 1 heterocycles. The summed E-state index contributed by atoms with van der Waals surface area (Å²) in [7, 11) is 0. The predicted molar refractivity (Wildman–Crippen MR) is 83.9 cm³/mol. The standard InChI is InChI=1S/C17H26N2S/c1-2-19-16(6-15-10-18-11-20-15)17-7-12-3-13(8-17)5-14(4-12)9-17/h10-14,16,19H,2-9H2,1H3. The summed E-state index contributed by atoms with van der Waals surface area (Å²) in [6, 6.07) is 0.682. The Hall–Kier alpha value is -0.410. The van der Waals surface area contributed by atoms with Crippen LogP contribution in [0.1, 0.15) is 50.3 Å². The molecule has 5 rings (SSSR count). The molecule has 1 N–H and O–H groups in total. The predicted octanol–water partition coefficient (Wildman–Crippen LogP) is 3.88. The van der Waals surface area contributed by atoms with Gasteiger partial charge in [0.25, 0.3) is 0 Å². The second-order valence-corrected chi connectivity index (χ2v) is 8.53. The highest BCUT2D eigenvalue weighted by Crippen LogP contribution is 2.61. The van der Waals surface area contributed by atoms with Crippen molar-refractivity contribution < 1.29 is 0 Å². The minimum atomic E-state index is 0.606. The number of nitrogens with zero attached hydrogens (tertiary/aromatic N) is 1. The topological polar surface area (TPSA) is 24.9 Å². The van der Waals surface area contributed by atoms with Gasteiger partial charge in [0.05, 0.1) is 5.51 Å². The molecule has 0 spiro atoms. The number of hydrogen-bond acceptors (Lipinski definition) is 3. The number of aromatic nitrogens is 1. The number of rotatable bonds is 5. The van der Waals surface area contributed by atoms with E-state index in [-0.39, 0.29) is 0 Å². The zero-order valence-corrected chi connectivity index (χ0v) is 13.3. The van der Waals surface area contributed by atoms with E-state index in [0.29, 0.717) is 11.5 Å². The lowest BCUT2D eigenvalue weighted by Crippen LogP contribution is -2.56. The van der Waals surface area contributed by atoms with Crippen LogP contribution in [0.2, 0.25) is 0 Å². The molecule has 4 fully saturated rings. The van der Waals surface area contributed by atoms with Gasteiger partial charge >= 0.3 is 0 Å². The monoisotopic (exact) mass is 290 g/mol. The van der Waals surface area contributed by atoms with Gasteiger partial charge in [0.1, 0.15) is 0 Å². The molecule has 4 aliphatic rings. The van der Waals surface area contributed by atoms with Gasteiger partial charge in [-0.3, -0.25) is 4.98 Å². The number of hydrogen-bond donors (Lipinski definition) is 1. The smallest absolute Gasteiger partial charge is 0.0794 e. The van der Waals surface area contributed by atoms with E-state index in [1.54, 1.807) is 0 Å². The molecule has 2 nitrogen and oxygen atoms in total. The van der Waals surface area contributed by atoms with E-state index >= 15 is 0 Å². The fourth-order valence-electron chi connectivity index (χ4n) is 5.90. The lowest BCUT2D eigenvalue weighted by Gasteiger charge is -2.59. The molecular formula is C17H26N2S. The molecule has 3 heteroatoms. The van der Waals surface area contributed by atoms with E-state index in [2.05, 4.69) is 23.4 Å². The van der Waals surface area contributed by atoms with Crippen LogP contribution in [0.4, 0.5) is 0 Å². The molecule has 0 radical (unpaired) electrons. The fraction of sp³-hybridized carbons (Fsp3) is 0.824. The molecule has 0 saturated heterocycles. The van der Waals surface area contributed by atoms with Gasteiger partial charge in [-0.15, -0.1) is 11.3 Å². The van der Waals surface area contributed by atoms with Crippen molar-refractivity contribution in [1.29, 1.82) is 0 Å². The quantitative estimate of drug-likeness (QED) is 0.890. The highest BCUT2D eigenvalue weighted by molar-refractivity contribution is 7.09. The Labute approximate surface area is 126 Å². The van der Waals surface area contributed by atoms with Gasteiger partial charge in [-0.05, 0) is 74.7 Å². The van der Waals surface area contributed by atoms with Crippen LogP contribution in [0.5, 0.6) is 0 Å². The van der Waals surface area contributed by atoms with Gasteiger partial charge in [0, 0.05) is 17.1 Å². The van der Waals surface area contributed by atoms with E-state index < -0.39 is 0 Å². The summed E-state index contributed by atoms with van der Waals surface area (Å²) in [6.45, 7) is 3.37. The summed E-state index contributed by atoms with van der Waals surface area (Å²) in [5, 5.41) is 3.86. The molecule has 1 atom stereocenters. The van der Waals surface area contributed by atoms with E-state index in [0.717, 1.165) is 24.3 Å². The molecule has 1 unspecified atom stereocenters. The molecule has 20 heavy (non-hydrogen) atoms. The first-order chi connectivity index (χ1) is 9.77. The summed E-state index contributed by atoms with van der Waals surface area (Å²) in [4.78, 5) is 5.74. The second-order valence-electron chi connectivity index (χ2n) is 7.56. The van der Waals surface area contributed by atoms with E-state index in [1.807, 2.05) is 16.8 Å². The Morgan fingerprint density at radius 2 is 1.90 bits per heavy atom. The maximum Gasteiger partial charge on any atom is 0.0794 e. The molecule has 110 valence electrons. The second kappa shape index (κ2) is 5.10. The minimum absolute atomic E-state index is 0.606. The fourth-order valence-corrected chi connectivity index (χ4v) is 6.54. The van der Waals surface area contributed by atoms with Crippen molar-refractivity contribution in [3.8, 4) is 0 Å². The zero-order valence-electron chi connectivity index (χ0n) is 12.5. The van der Waals surface area contributed by atoms with Crippen molar-refractivity contribution in [1.82, 2.24) is 10.3 Å².